The first-order valence-electron chi connectivity index (χ1n) is 6.62. The van der Waals surface area contributed by atoms with Gasteiger partial charge in [-0.3, -0.25) is 9.59 Å². The summed E-state index contributed by atoms with van der Waals surface area (Å²) in [4.78, 5) is 23.4. The molecule has 0 spiro atoms. The SMILES string of the molecule is COc1cc(C(C)=O)ccc1OCC(=O)c1ccc(Cl)cc1. The first kappa shape index (κ1) is 16.0. The molecule has 114 valence electrons. The summed E-state index contributed by atoms with van der Waals surface area (Å²) in [5.74, 6) is 0.586. The van der Waals surface area contributed by atoms with E-state index in [-0.39, 0.29) is 18.2 Å². The Balaban J connectivity index is 2.09. The Kier molecular flexibility index (Phi) is 5.17. The summed E-state index contributed by atoms with van der Waals surface area (Å²) in [7, 11) is 1.48. The maximum absolute atomic E-state index is 12.0. The third kappa shape index (κ3) is 3.86. The minimum absolute atomic E-state index is 0.0675. The van der Waals surface area contributed by atoms with E-state index in [0.29, 0.717) is 27.6 Å². The zero-order chi connectivity index (χ0) is 16.1. The van der Waals surface area contributed by atoms with Gasteiger partial charge in [0.15, 0.2) is 29.7 Å². The summed E-state index contributed by atoms with van der Waals surface area (Å²) in [6.07, 6.45) is 0. The van der Waals surface area contributed by atoms with Crippen LogP contribution in [0.3, 0.4) is 0 Å². The molecule has 0 amide bonds. The lowest BCUT2D eigenvalue weighted by molar-refractivity contribution is 0.0918. The predicted molar refractivity (Wildman–Crippen MR) is 84.3 cm³/mol. The van der Waals surface area contributed by atoms with E-state index in [1.54, 1.807) is 42.5 Å². The average molecular weight is 319 g/mol. The second-order valence-corrected chi connectivity index (χ2v) is 5.08. The number of hydrogen-bond acceptors (Lipinski definition) is 4. The van der Waals surface area contributed by atoms with E-state index >= 15 is 0 Å². The molecule has 4 nitrogen and oxygen atoms in total. The van der Waals surface area contributed by atoms with Crippen molar-refractivity contribution < 1.29 is 19.1 Å². The van der Waals surface area contributed by atoms with Gasteiger partial charge in [-0.1, -0.05) is 11.6 Å². The third-order valence-electron chi connectivity index (χ3n) is 3.10. The first-order chi connectivity index (χ1) is 10.5. The van der Waals surface area contributed by atoms with Crippen molar-refractivity contribution >= 4 is 23.2 Å². The van der Waals surface area contributed by atoms with E-state index in [1.165, 1.54) is 14.0 Å². The van der Waals surface area contributed by atoms with Crippen LogP contribution in [0.1, 0.15) is 27.6 Å². The number of methoxy groups -OCH3 is 1. The molecule has 0 N–H and O–H groups in total. The van der Waals surface area contributed by atoms with Gasteiger partial charge in [-0.15, -0.1) is 0 Å². The molecule has 22 heavy (non-hydrogen) atoms. The van der Waals surface area contributed by atoms with E-state index < -0.39 is 0 Å². The molecule has 0 fully saturated rings. The van der Waals surface area contributed by atoms with Gasteiger partial charge >= 0.3 is 0 Å². The van der Waals surface area contributed by atoms with Crippen molar-refractivity contribution in [3.05, 3.63) is 58.6 Å². The molecule has 0 aliphatic carbocycles. The fraction of sp³-hybridized carbons (Fsp3) is 0.176. The number of ether oxygens (including phenoxy) is 2. The Morgan fingerprint density at radius 2 is 1.64 bits per heavy atom. The average Bonchev–Trinajstić information content (AvgIpc) is 2.52. The molecule has 0 aromatic heterocycles. The summed E-state index contributed by atoms with van der Waals surface area (Å²) in [6.45, 7) is 1.34. The topological polar surface area (TPSA) is 52.6 Å². The summed E-state index contributed by atoms with van der Waals surface area (Å²) in [6, 6.07) is 11.4. The molecule has 0 atom stereocenters. The van der Waals surface area contributed by atoms with Gasteiger partial charge < -0.3 is 9.47 Å². The number of carbonyl (C=O) groups is 2. The van der Waals surface area contributed by atoms with Gasteiger partial charge in [0.1, 0.15) is 0 Å². The summed E-state index contributed by atoms with van der Waals surface area (Å²) in [5, 5.41) is 0.568. The van der Waals surface area contributed by atoms with Crippen molar-refractivity contribution in [3.8, 4) is 11.5 Å². The van der Waals surface area contributed by atoms with Gasteiger partial charge in [0.05, 0.1) is 7.11 Å². The minimum atomic E-state index is -0.172. The molecule has 0 radical (unpaired) electrons. The third-order valence-corrected chi connectivity index (χ3v) is 3.35. The molecule has 0 unspecified atom stereocenters. The maximum Gasteiger partial charge on any atom is 0.200 e. The maximum atomic E-state index is 12.0. The van der Waals surface area contributed by atoms with Crippen LogP contribution in [-0.2, 0) is 0 Å². The van der Waals surface area contributed by atoms with Gasteiger partial charge in [0.2, 0.25) is 0 Å². The number of benzene rings is 2. The molecule has 0 saturated heterocycles. The highest BCUT2D eigenvalue weighted by Gasteiger charge is 2.11. The Morgan fingerprint density at radius 3 is 2.23 bits per heavy atom. The smallest absolute Gasteiger partial charge is 0.200 e. The van der Waals surface area contributed by atoms with E-state index in [0.717, 1.165) is 0 Å². The zero-order valence-electron chi connectivity index (χ0n) is 12.3. The molecular weight excluding hydrogens is 304 g/mol. The lowest BCUT2D eigenvalue weighted by Gasteiger charge is -2.11. The van der Waals surface area contributed by atoms with Gasteiger partial charge in [-0.05, 0) is 49.4 Å². The fourth-order valence-electron chi connectivity index (χ4n) is 1.87. The summed E-state index contributed by atoms with van der Waals surface area (Å²) < 4.78 is 10.7. The predicted octanol–water partition coefficient (Wildman–Crippen LogP) is 3.81. The number of rotatable bonds is 6. The van der Waals surface area contributed by atoms with E-state index in [9.17, 15) is 9.59 Å². The molecule has 2 aromatic rings. The lowest BCUT2D eigenvalue weighted by Crippen LogP contribution is -2.12. The lowest BCUT2D eigenvalue weighted by atomic mass is 10.1. The molecule has 0 bridgehead atoms. The molecular formula is C17H15ClO4. The normalized spacial score (nSPS) is 10.1. The molecule has 5 heteroatoms. The van der Waals surface area contributed by atoms with Crippen LogP contribution in [0.25, 0.3) is 0 Å². The Labute approximate surface area is 133 Å². The zero-order valence-corrected chi connectivity index (χ0v) is 13.0. The van der Waals surface area contributed by atoms with Crippen LogP contribution in [0.15, 0.2) is 42.5 Å². The van der Waals surface area contributed by atoms with Crippen molar-refractivity contribution in [2.75, 3.05) is 13.7 Å². The molecule has 0 aliphatic heterocycles. The van der Waals surface area contributed by atoms with Crippen molar-refractivity contribution in [3.63, 3.8) is 0 Å². The first-order valence-corrected chi connectivity index (χ1v) is 6.99. The molecule has 2 rings (SSSR count). The van der Waals surface area contributed by atoms with Crippen LogP contribution in [-0.4, -0.2) is 25.3 Å². The molecule has 0 saturated carbocycles. The van der Waals surface area contributed by atoms with Crippen LogP contribution in [0, 0.1) is 0 Å². The van der Waals surface area contributed by atoms with Crippen LogP contribution in [0.2, 0.25) is 5.02 Å². The van der Waals surface area contributed by atoms with Crippen LogP contribution < -0.4 is 9.47 Å². The summed E-state index contributed by atoms with van der Waals surface area (Å²) >= 11 is 5.78. The number of carbonyl (C=O) groups excluding carboxylic acids is 2. The minimum Gasteiger partial charge on any atom is -0.493 e. The van der Waals surface area contributed by atoms with E-state index in [1.807, 2.05) is 0 Å². The van der Waals surface area contributed by atoms with Crippen LogP contribution >= 0.6 is 11.6 Å². The Bertz CT molecular complexity index is 692. The highest BCUT2D eigenvalue weighted by molar-refractivity contribution is 6.30. The monoisotopic (exact) mass is 318 g/mol. The second kappa shape index (κ2) is 7.09. The number of halogens is 1. The second-order valence-electron chi connectivity index (χ2n) is 4.64. The van der Waals surface area contributed by atoms with Gasteiger partial charge in [0, 0.05) is 16.1 Å². The Hall–Kier alpha value is -2.33. The van der Waals surface area contributed by atoms with Gasteiger partial charge in [0.25, 0.3) is 0 Å². The number of ketones is 2. The standard InChI is InChI=1S/C17H15ClO4/c1-11(19)13-5-8-16(17(9-13)21-2)22-10-15(20)12-3-6-14(18)7-4-12/h3-9H,10H2,1-2H3. The van der Waals surface area contributed by atoms with Crippen molar-refractivity contribution in [1.29, 1.82) is 0 Å². The van der Waals surface area contributed by atoms with Gasteiger partial charge in [-0.25, -0.2) is 0 Å². The van der Waals surface area contributed by atoms with E-state index in [4.69, 9.17) is 21.1 Å². The Morgan fingerprint density at radius 1 is 1.00 bits per heavy atom. The molecule has 2 aromatic carbocycles. The van der Waals surface area contributed by atoms with Crippen molar-refractivity contribution in [2.24, 2.45) is 0 Å². The number of Topliss-reactive ketones (excluding diaryl/α,β-unsaturated/α-hetero) is 2. The highest BCUT2D eigenvalue weighted by atomic mass is 35.5. The van der Waals surface area contributed by atoms with Crippen molar-refractivity contribution in [2.45, 2.75) is 6.92 Å². The summed E-state index contributed by atoms with van der Waals surface area (Å²) in [5.41, 5.74) is 1.04. The van der Waals surface area contributed by atoms with Crippen molar-refractivity contribution in [1.82, 2.24) is 0 Å². The van der Waals surface area contributed by atoms with Gasteiger partial charge in [-0.2, -0.15) is 0 Å². The highest BCUT2D eigenvalue weighted by Crippen LogP contribution is 2.28. The molecule has 0 heterocycles. The van der Waals surface area contributed by atoms with Crippen LogP contribution in [0.4, 0.5) is 0 Å². The quantitative estimate of drug-likeness (QED) is 0.760. The largest absolute Gasteiger partial charge is 0.493 e. The number of hydrogen-bond donors (Lipinski definition) is 0. The van der Waals surface area contributed by atoms with Crippen LogP contribution in [0.5, 0.6) is 11.5 Å². The van der Waals surface area contributed by atoms with E-state index in [2.05, 4.69) is 0 Å². The molecule has 0 aliphatic rings. The fourth-order valence-corrected chi connectivity index (χ4v) is 1.99.